The highest BCUT2D eigenvalue weighted by Crippen LogP contribution is 2.37. The molecule has 0 heterocycles. The van der Waals surface area contributed by atoms with Gasteiger partial charge in [0.15, 0.2) is 0 Å². The molecule has 0 saturated heterocycles. The van der Waals surface area contributed by atoms with Crippen LogP contribution in [-0.2, 0) is 9.59 Å². The minimum atomic E-state index is -0.546. The van der Waals surface area contributed by atoms with E-state index in [1.54, 1.807) is 60.7 Å². The predicted molar refractivity (Wildman–Crippen MR) is 193 cm³/mol. The highest BCUT2D eigenvalue weighted by Gasteiger charge is 2.23. The van der Waals surface area contributed by atoms with Gasteiger partial charge in [-0.15, -0.1) is 11.8 Å². The topological polar surface area (TPSA) is 87.3 Å². The third-order valence-electron chi connectivity index (χ3n) is 7.23. The molecule has 1 atom stereocenters. The number of para-hydroxylation sites is 1. The Labute approximate surface area is 288 Å². The lowest BCUT2D eigenvalue weighted by Crippen LogP contribution is -2.30. The van der Waals surface area contributed by atoms with Gasteiger partial charge in [0.1, 0.15) is 10.9 Å². The van der Waals surface area contributed by atoms with Gasteiger partial charge in [0.05, 0.1) is 0 Å². The van der Waals surface area contributed by atoms with Crippen LogP contribution >= 0.6 is 35.0 Å². The molecule has 47 heavy (non-hydrogen) atoms. The van der Waals surface area contributed by atoms with E-state index in [1.165, 1.54) is 17.8 Å². The highest BCUT2D eigenvalue weighted by atomic mass is 35.5. The highest BCUT2D eigenvalue weighted by molar-refractivity contribution is 8.00. The lowest BCUT2D eigenvalue weighted by Gasteiger charge is -2.19. The van der Waals surface area contributed by atoms with Gasteiger partial charge in [-0.05, 0) is 90.7 Å². The number of halogens is 2. The Balaban J connectivity index is 1.35. The first-order valence-corrected chi connectivity index (χ1v) is 16.3. The van der Waals surface area contributed by atoms with Crippen LogP contribution in [0.25, 0.3) is 6.08 Å². The fourth-order valence-corrected chi connectivity index (χ4v) is 6.26. The number of hydrogen-bond acceptors (Lipinski definition) is 4. The van der Waals surface area contributed by atoms with E-state index in [9.17, 15) is 14.4 Å². The summed E-state index contributed by atoms with van der Waals surface area (Å²) in [5.41, 5.74) is 5.04. The van der Waals surface area contributed by atoms with E-state index in [4.69, 9.17) is 23.2 Å². The van der Waals surface area contributed by atoms with Gasteiger partial charge in [-0.3, -0.25) is 14.4 Å². The second-order valence-corrected chi connectivity index (χ2v) is 12.7. The lowest BCUT2D eigenvalue weighted by atomic mass is 10.1. The summed E-state index contributed by atoms with van der Waals surface area (Å²) < 4.78 is 0. The molecule has 5 aromatic rings. The Morgan fingerprint density at radius 3 is 2.00 bits per heavy atom. The molecular formula is C38H31Cl2N3O3S. The molecule has 9 heteroatoms. The second kappa shape index (κ2) is 15.6. The van der Waals surface area contributed by atoms with Crippen molar-refractivity contribution in [2.45, 2.75) is 24.0 Å². The van der Waals surface area contributed by atoms with Crippen molar-refractivity contribution in [3.63, 3.8) is 0 Å². The molecule has 3 amide bonds. The first-order valence-electron chi connectivity index (χ1n) is 14.7. The van der Waals surface area contributed by atoms with Crippen molar-refractivity contribution >= 4 is 70.1 Å². The molecule has 5 aromatic carbocycles. The van der Waals surface area contributed by atoms with Crippen LogP contribution in [-0.4, -0.2) is 17.7 Å². The Bertz CT molecular complexity index is 1910. The van der Waals surface area contributed by atoms with Crippen LogP contribution in [0.1, 0.15) is 37.9 Å². The van der Waals surface area contributed by atoms with Gasteiger partial charge in [-0.1, -0.05) is 96.0 Å². The maximum absolute atomic E-state index is 13.6. The van der Waals surface area contributed by atoms with Gasteiger partial charge in [-0.2, -0.15) is 0 Å². The van der Waals surface area contributed by atoms with Crippen LogP contribution in [0.5, 0.6) is 0 Å². The molecule has 1 unspecified atom stereocenters. The normalized spacial score (nSPS) is 11.8. The van der Waals surface area contributed by atoms with Crippen LogP contribution in [0.3, 0.4) is 0 Å². The molecule has 6 nitrogen and oxygen atoms in total. The van der Waals surface area contributed by atoms with Gasteiger partial charge >= 0.3 is 0 Å². The van der Waals surface area contributed by atoms with E-state index in [0.29, 0.717) is 26.9 Å². The van der Waals surface area contributed by atoms with Crippen molar-refractivity contribution in [3.8, 4) is 0 Å². The second-order valence-electron chi connectivity index (χ2n) is 10.7. The summed E-state index contributed by atoms with van der Waals surface area (Å²) in [6, 6.07) is 36.1. The summed E-state index contributed by atoms with van der Waals surface area (Å²) in [6.07, 6.45) is 1.50. The third kappa shape index (κ3) is 8.92. The monoisotopic (exact) mass is 679 g/mol. The minimum absolute atomic E-state index is 0.00570. The number of carbonyl (C=O) groups excluding carboxylic acids is 3. The summed E-state index contributed by atoms with van der Waals surface area (Å²) >= 11 is 13.8. The number of benzene rings is 5. The molecule has 5 rings (SSSR count). The molecule has 0 aromatic heterocycles. The zero-order chi connectivity index (χ0) is 33.3. The summed E-state index contributed by atoms with van der Waals surface area (Å²) in [5.74, 6) is -1.13. The smallest absolute Gasteiger partial charge is 0.272 e. The predicted octanol–water partition coefficient (Wildman–Crippen LogP) is 9.49. The number of amides is 3. The van der Waals surface area contributed by atoms with Crippen molar-refractivity contribution in [1.82, 2.24) is 5.32 Å². The molecule has 0 saturated carbocycles. The quantitative estimate of drug-likeness (QED) is 0.101. The average molecular weight is 681 g/mol. The van der Waals surface area contributed by atoms with E-state index in [2.05, 4.69) is 16.0 Å². The van der Waals surface area contributed by atoms with Gasteiger partial charge < -0.3 is 16.0 Å². The zero-order valence-electron chi connectivity index (χ0n) is 25.6. The van der Waals surface area contributed by atoms with E-state index < -0.39 is 17.1 Å². The van der Waals surface area contributed by atoms with E-state index in [1.807, 2.05) is 74.5 Å². The Morgan fingerprint density at radius 1 is 0.723 bits per heavy atom. The van der Waals surface area contributed by atoms with E-state index in [-0.39, 0.29) is 11.6 Å². The number of thioether (sulfide) groups is 1. The van der Waals surface area contributed by atoms with Gasteiger partial charge in [0.2, 0.25) is 5.91 Å². The molecule has 0 aliphatic rings. The zero-order valence-corrected chi connectivity index (χ0v) is 27.9. The van der Waals surface area contributed by atoms with Crippen LogP contribution in [0.4, 0.5) is 11.4 Å². The first kappa shape index (κ1) is 33.5. The molecule has 3 N–H and O–H groups in total. The summed E-state index contributed by atoms with van der Waals surface area (Å²) in [4.78, 5) is 41.0. The largest absolute Gasteiger partial charge is 0.324 e. The van der Waals surface area contributed by atoms with Gasteiger partial charge in [-0.25, -0.2) is 0 Å². The third-order valence-corrected chi connectivity index (χ3v) is 9.06. The number of rotatable bonds is 10. The summed E-state index contributed by atoms with van der Waals surface area (Å²) in [7, 11) is 0. The molecule has 0 fully saturated rings. The number of carbonyl (C=O) groups is 3. The maximum Gasteiger partial charge on any atom is 0.272 e. The first-order chi connectivity index (χ1) is 22.7. The SMILES string of the molecule is Cc1cccc(C)c1NC(=O)C(Sc1ccc(NC(=O)/C(=C/c2ccc(Cl)cc2Cl)NC(=O)c2ccccc2)cc1)c1ccccc1. The molecular weight excluding hydrogens is 649 g/mol. The van der Waals surface area contributed by atoms with Crippen molar-refractivity contribution < 1.29 is 14.4 Å². The summed E-state index contributed by atoms with van der Waals surface area (Å²) in [5, 5.41) is 8.93. The number of anilines is 2. The molecule has 0 aliphatic heterocycles. The minimum Gasteiger partial charge on any atom is -0.324 e. The average Bonchev–Trinajstić information content (AvgIpc) is 3.07. The van der Waals surface area contributed by atoms with Crippen molar-refractivity contribution in [2.75, 3.05) is 10.6 Å². The van der Waals surface area contributed by atoms with Crippen molar-refractivity contribution in [2.24, 2.45) is 0 Å². The molecule has 0 aliphatic carbocycles. The van der Waals surface area contributed by atoms with Crippen LogP contribution in [0.15, 0.2) is 132 Å². The summed E-state index contributed by atoms with van der Waals surface area (Å²) in [6.45, 7) is 3.94. The number of hydrogen-bond donors (Lipinski definition) is 3. The van der Waals surface area contributed by atoms with E-state index >= 15 is 0 Å². The Morgan fingerprint density at radius 2 is 1.36 bits per heavy atom. The number of nitrogens with one attached hydrogen (secondary N) is 3. The van der Waals surface area contributed by atoms with E-state index in [0.717, 1.165) is 27.3 Å². The Kier molecular flexibility index (Phi) is 11.2. The van der Waals surface area contributed by atoms with Gasteiger partial charge in [0.25, 0.3) is 11.8 Å². The van der Waals surface area contributed by atoms with Crippen LogP contribution < -0.4 is 16.0 Å². The maximum atomic E-state index is 13.6. The standard InChI is InChI=1S/C38H31Cl2N3O3S/c1-24-10-9-11-25(2)34(24)43-38(46)35(26-12-5-3-6-13-26)47-31-20-18-30(19-21-31)41-37(45)33(22-28-16-17-29(39)23-32(28)40)42-36(44)27-14-7-4-8-15-27/h3-23,35H,1-2H3,(H,41,45)(H,42,44)(H,43,46)/b33-22-. The molecule has 236 valence electrons. The fourth-order valence-electron chi connectivity index (χ4n) is 4.77. The Hall–Kier alpha value is -4.82. The fraction of sp³-hybridized carbons (Fsp3) is 0.0789. The van der Waals surface area contributed by atoms with Crippen LogP contribution in [0.2, 0.25) is 10.0 Å². The van der Waals surface area contributed by atoms with Crippen LogP contribution in [0, 0.1) is 13.8 Å². The lowest BCUT2D eigenvalue weighted by molar-refractivity contribution is -0.116. The van der Waals surface area contributed by atoms with Crippen molar-refractivity contribution in [3.05, 3.63) is 165 Å². The van der Waals surface area contributed by atoms with Crippen molar-refractivity contribution in [1.29, 1.82) is 0 Å². The van der Waals surface area contributed by atoms with Gasteiger partial charge in [0, 0.05) is 31.9 Å². The molecule has 0 radical (unpaired) electrons. The number of aryl methyl sites for hydroxylation is 2. The molecule has 0 spiro atoms. The molecule has 0 bridgehead atoms.